The lowest BCUT2D eigenvalue weighted by Crippen LogP contribution is -2.46. The van der Waals surface area contributed by atoms with E-state index in [2.05, 4.69) is 34.6 Å². The molecule has 3 N–H and O–H groups in total. The van der Waals surface area contributed by atoms with Gasteiger partial charge in [0, 0.05) is 23.5 Å². The summed E-state index contributed by atoms with van der Waals surface area (Å²) in [5, 5.41) is 12.3. The second-order valence-electron chi connectivity index (χ2n) is 11.3. The summed E-state index contributed by atoms with van der Waals surface area (Å²) in [4.78, 5) is 8.76. The van der Waals surface area contributed by atoms with Crippen LogP contribution >= 0.6 is 22.9 Å². The molecule has 6 rings (SSSR count). The Morgan fingerprint density at radius 3 is 2.56 bits per heavy atom. The number of thiazole rings is 1. The molecule has 0 atom stereocenters. The molecule has 0 saturated carbocycles. The topological polar surface area (TPSA) is 63.7 Å². The number of likely N-dealkylation sites (tertiary alicyclic amines) is 1. The number of hydrazine groups is 1. The molecule has 41 heavy (non-hydrogen) atoms. The van der Waals surface area contributed by atoms with E-state index in [1.54, 1.807) is 6.07 Å². The predicted molar refractivity (Wildman–Crippen MR) is 161 cm³/mol. The molecule has 4 aromatic rings. The smallest absolute Gasteiger partial charge is 0.416 e. The van der Waals surface area contributed by atoms with Crippen molar-refractivity contribution in [2.24, 2.45) is 5.92 Å². The summed E-state index contributed by atoms with van der Waals surface area (Å²) in [6.45, 7) is 6.98. The number of phenolic OH excluding ortho intramolecular Hbond substituents is 1. The number of nitrogens with one attached hydrogen (secondary N) is 2. The van der Waals surface area contributed by atoms with E-state index in [0.29, 0.717) is 59.9 Å². The van der Waals surface area contributed by atoms with Crippen LogP contribution in [0.1, 0.15) is 37.8 Å². The Balaban J connectivity index is 1.37. The van der Waals surface area contributed by atoms with Gasteiger partial charge in [0.25, 0.3) is 0 Å². The first kappa shape index (κ1) is 27.9. The molecule has 3 heterocycles. The molecule has 2 aliphatic rings. The summed E-state index contributed by atoms with van der Waals surface area (Å²) >= 11 is 7.56. The summed E-state index contributed by atoms with van der Waals surface area (Å²) < 4.78 is 44.3. The summed E-state index contributed by atoms with van der Waals surface area (Å²) in [5.41, 5.74) is 7.52. The number of piperidine rings is 1. The summed E-state index contributed by atoms with van der Waals surface area (Å²) in [6.07, 6.45) is -3.37. The van der Waals surface area contributed by atoms with Crippen LogP contribution in [0.15, 0.2) is 54.6 Å². The van der Waals surface area contributed by atoms with Crippen molar-refractivity contribution in [3.05, 3.63) is 70.7 Å². The third kappa shape index (κ3) is 5.29. The molecule has 1 spiro atoms. The molecular formula is C30H31ClF3N5OS. The lowest BCUT2D eigenvalue weighted by Gasteiger charge is -2.41. The fraction of sp³-hybridized carbons (Fsp3) is 0.367. The first-order valence-corrected chi connectivity index (χ1v) is 14.8. The Labute approximate surface area is 245 Å². The van der Waals surface area contributed by atoms with Gasteiger partial charge in [0.05, 0.1) is 32.8 Å². The maximum Gasteiger partial charge on any atom is 0.416 e. The number of fused-ring (bicyclic) bond motifs is 3. The fourth-order valence-corrected chi connectivity index (χ4v) is 7.36. The molecule has 1 fully saturated rings. The minimum Gasteiger partial charge on any atom is -0.506 e. The third-order valence-corrected chi connectivity index (χ3v) is 9.18. The van der Waals surface area contributed by atoms with Gasteiger partial charge in [-0.25, -0.2) is 4.98 Å². The Kier molecular flexibility index (Phi) is 7.20. The van der Waals surface area contributed by atoms with Crippen molar-refractivity contribution in [1.82, 2.24) is 9.88 Å². The van der Waals surface area contributed by atoms with Gasteiger partial charge in [0.1, 0.15) is 5.75 Å². The number of aromatic nitrogens is 1. The Hall–Kier alpha value is -3.21. The lowest BCUT2D eigenvalue weighted by atomic mass is 9.72. The van der Waals surface area contributed by atoms with E-state index in [1.165, 1.54) is 17.4 Å². The second-order valence-corrected chi connectivity index (χ2v) is 12.8. The predicted octanol–water partition coefficient (Wildman–Crippen LogP) is 8.25. The van der Waals surface area contributed by atoms with E-state index in [1.807, 2.05) is 41.3 Å². The molecule has 216 valence electrons. The maximum atomic E-state index is 14.4. The van der Waals surface area contributed by atoms with Crippen LogP contribution in [-0.2, 0) is 11.6 Å². The number of hydrogen-bond donors (Lipinski definition) is 3. The first-order valence-electron chi connectivity index (χ1n) is 13.6. The zero-order chi connectivity index (χ0) is 28.9. The molecule has 3 aromatic carbocycles. The largest absolute Gasteiger partial charge is 0.506 e. The van der Waals surface area contributed by atoms with Crippen LogP contribution in [0, 0.1) is 5.92 Å². The van der Waals surface area contributed by atoms with Crippen LogP contribution in [0.4, 0.5) is 35.4 Å². The van der Waals surface area contributed by atoms with Crippen molar-refractivity contribution in [2.45, 2.75) is 38.3 Å². The Bertz CT molecular complexity index is 1580. The number of benzene rings is 3. The molecule has 2 aliphatic heterocycles. The number of phenols is 1. The van der Waals surface area contributed by atoms with Crippen LogP contribution in [-0.4, -0.2) is 41.2 Å². The van der Waals surface area contributed by atoms with E-state index < -0.39 is 17.2 Å². The van der Waals surface area contributed by atoms with E-state index in [9.17, 15) is 18.3 Å². The van der Waals surface area contributed by atoms with Crippen molar-refractivity contribution in [1.29, 1.82) is 0 Å². The molecule has 0 radical (unpaired) electrons. The minimum absolute atomic E-state index is 0.153. The highest BCUT2D eigenvalue weighted by molar-refractivity contribution is 7.22. The Morgan fingerprint density at radius 1 is 1.07 bits per heavy atom. The average Bonchev–Trinajstić information content (AvgIpc) is 3.47. The van der Waals surface area contributed by atoms with E-state index >= 15 is 0 Å². The highest BCUT2D eigenvalue weighted by Crippen LogP contribution is 2.57. The van der Waals surface area contributed by atoms with Crippen LogP contribution < -0.4 is 15.8 Å². The molecule has 0 unspecified atom stereocenters. The number of nitrogens with zero attached hydrogens (tertiary/aromatic N) is 3. The van der Waals surface area contributed by atoms with Gasteiger partial charge < -0.3 is 14.9 Å². The minimum atomic E-state index is -4.54. The molecule has 1 saturated heterocycles. The number of aromatic hydroxyl groups is 1. The standard InChI is InChI=1S/C30H31ClF3N5OS/c1-18(2)16-38-13-11-29(12-14-38)17-39(27-24(40)10-8-20(26(27)29)30(32,33)34)23-6-4-3-5-21(23)36-37-28-35-22-9-7-19(31)15-25(22)41-28/h3-10,15,18,36,40H,11-14,16-17H2,1-2H3,(H,35,37). The van der Waals surface area contributed by atoms with E-state index in [4.69, 9.17) is 11.6 Å². The van der Waals surface area contributed by atoms with Crippen LogP contribution in [0.25, 0.3) is 10.2 Å². The van der Waals surface area contributed by atoms with Crippen LogP contribution in [0.2, 0.25) is 5.02 Å². The highest BCUT2D eigenvalue weighted by atomic mass is 35.5. The van der Waals surface area contributed by atoms with Crippen molar-refractivity contribution in [3.8, 4) is 5.75 Å². The molecule has 0 amide bonds. The fourth-order valence-electron chi connectivity index (χ4n) is 6.27. The first-order chi connectivity index (χ1) is 19.5. The summed E-state index contributed by atoms with van der Waals surface area (Å²) in [6, 6.07) is 15.1. The van der Waals surface area contributed by atoms with Gasteiger partial charge in [0.15, 0.2) is 0 Å². The quantitative estimate of drug-likeness (QED) is 0.193. The normalized spacial score (nSPS) is 17.0. The summed E-state index contributed by atoms with van der Waals surface area (Å²) in [7, 11) is 0. The molecule has 1 aromatic heterocycles. The van der Waals surface area contributed by atoms with Gasteiger partial charge in [-0.05, 0) is 79.9 Å². The van der Waals surface area contributed by atoms with Crippen LogP contribution in [0.3, 0.4) is 0 Å². The van der Waals surface area contributed by atoms with E-state index in [-0.39, 0.29) is 17.0 Å². The van der Waals surface area contributed by atoms with Gasteiger partial charge >= 0.3 is 6.18 Å². The SMILES string of the molecule is CC(C)CN1CCC2(CC1)CN(c1ccccc1NNc1nc3ccc(Cl)cc3s1)c1c(O)ccc(C(F)(F)F)c12. The van der Waals surface area contributed by atoms with E-state index in [0.717, 1.165) is 22.8 Å². The number of rotatable bonds is 6. The molecule has 0 aliphatic carbocycles. The van der Waals surface area contributed by atoms with Gasteiger partial charge in [-0.2, -0.15) is 13.2 Å². The second kappa shape index (κ2) is 10.6. The zero-order valence-electron chi connectivity index (χ0n) is 22.7. The zero-order valence-corrected chi connectivity index (χ0v) is 24.3. The summed E-state index contributed by atoms with van der Waals surface area (Å²) in [5.74, 6) is 0.323. The molecule has 11 heteroatoms. The van der Waals surface area contributed by atoms with Gasteiger partial charge in [-0.3, -0.25) is 10.9 Å². The number of alkyl halides is 3. The highest BCUT2D eigenvalue weighted by Gasteiger charge is 2.51. The monoisotopic (exact) mass is 601 g/mol. The Morgan fingerprint density at radius 2 is 1.83 bits per heavy atom. The number of halogens is 4. The number of hydrogen-bond acceptors (Lipinski definition) is 7. The number of para-hydroxylation sites is 2. The molecule has 0 bridgehead atoms. The van der Waals surface area contributed by atoms with Gasteiger partial charge in [-0.15, -0.1) is 0 Å². The average molecular weight is 602 g/mol. The molecule has 6 nitrogen and oxygen atoms in total. The maximum absolute atomic E-state index is 14.4. The van der Waals surface area contributed by atoms with Gasteiger partial charge in [0.2, 0.25) is 5.13 Å². The van der Waals surface area contributed by atoms with Crippen LogP contribution in [0.5, 0.6) is 5.75 Å². The van der Waals surface area contributed by atoms with Crippen molar-refractivity contribution >= 4 is 55.3 Å². The van der Waals surface area contributed by atoms with Crippen molar-refractivity contribution in [2.75, 3.05) is 41.9 Å². The van der Waals surface area contributed by atoms with Crippen molar-refractivity contribution < 1.29 is 18.3 Å². The third-order valence-electron chi connectivity index (χ3n) is 8.01. The van der Waals surface area contributed by atoms with Crippen molar-refractivity contribution in [3.63, 3.8) is 0 Å². The number of anilines is 4. The molecular weight excluding hydrogens is 571 g/mol. The van der Waals surface area contributed by atoms with Gasteiger partial charge in [-0.1, -0.05) is 48.9 Å². The lowest BCUT2D eigenvalue weighted by molar-refractivity contribution is -0.138.